The molecule has 0 radical (unpaired) electrons. The van der Waals surface area contributed by atoms with E-state index >= 15 is 0 Å². The maximum Gasteiger partial charge on any atom is 0.269 e. The molecule has 1 amide bonds. The summed E-state index contributed by atoms with van der Waals surface area (Å²) in [6, 6.07) is 1.70. The molecule has 0 saturated heterocycles. The van der Waals surface area contributed by atoms with Crippen molar-refractivity contribution < 1.29 is 4.79 Å². The van der Waals surface area contributed by atoms with Gasteiger partial charge in [-0.05, 0) is 26.8 Å². The zero-order valence-corrected chi connectivity index (χ0v) is 8.46. The highest BCUT2D eigenvalue weighted by atomic mass is 16.2. The van der Waals surface area contributed by atoms with Gasteiger partial charge in [-0.15, -0.1) is 0 Å². The fraction of sp³-hybridized carbons (Fsp3) is 0.556. The standard InChI is InChI=1S/C9H15N3O/c1-9(2,3)11-8(13)7-5-6-10-12(7)4/h5-6H,1-4H3,(H,11,13). The molecule has 0 unspecified atom stereocenters. The van der Waals surface area contributed by atoms with E-state index in [0.29, 0.717) is 5.69 Å². The van der Waals surface area contributed by atoms with Crippen LogP contribution >= 0.6 is 0 Å². The van der Waals surface area contributed by atoms with Crippen LogP contribution in [0.5, 0.6) is 0 Å². The van der Waals surface area contributed by atoms with Crippen LogP contribution in [-0.4, -0.2) is 21.2 Å². The molecule has 1 aromatic rings. The second kappa shape index (κ2) is 3.20. The van der Waals surface area contributed by atoms with Crippen LogP contribution in [0.2, 0.25) is 0 Å². The summed E-state index contributed by atoms with van der Waals surface area (Å²) in [4.78, 5) is 11.6. The van der Waals surface area contributed by atoms with Crippen molar-refractivity contribution in [1.82, 2.24) is 15.1 Å². The third kappa shape index (κ3) is 2.57. The van der Waals surface area contributed by atoms with Crippen molar-refractivity contribution in [3.63, 3.8) is 0 Å². The molecule has 0 fully saturated rings. The zero-order valence-electron chi connectivity index (χ0n) is 8.46. The molecule has 1 aromatic heterocycles. The van der Waals surface area contributed by atoms with Crippen molar-refractivity contribution in [3.8, 4) is 0 Å². The van der Waals surface area contributed by atoms with Crippen LogP contribution in [-0.2, 0) is 7.05 Å². The molecule has 0 saturated carbocycles. The number of aromatic nitrogens is 2. The summed E-state index contributed by atoms with van der Waals surface area (Å²) < 4.78 is 1.56. The number of nitrogens with one attached hydrogen (secondary N) is 1. The Morgan fingerprint density at radius 3 is 2.54 bits per heavy atom. The number of carbonyl (C=O) groups is 1. The molecule has 0 aliphatic carbocycles. The van der Waals surface area contributed by atoms with Crippen LogP contribution in [0, 0.1) is 0 Å². The third-order valence-corrected chi connectivity index (χ3v) is 1.54. The van der Waals surface area contributed by atoms with Gasteiger partial charge in [0.1, 0.15) is 5.69 Å². The van der Waals surface area contributed by atoms with E-state index < -0.39 is 0 Å². The van der Waals surface area contributed by atoms with Crippen molar-refractivity contribution in [2.45, 2.75) is 26.3 Å². The first kappa shape index (κ1) is 9.77. The van der Waals surface area contributed by atoms with Gasteiger partial charge >= 0.3 is 0 Å². The largest absolute Gasteiger partial charge is 0.346 e. The Kier molecular flexibility index (Phi) is 2.40. The number of nitrogens with zero attached hydrogens (tertiary/aromatic N) is 2. The van der Waals surface area contributed by atoms with Crippen LogP contribution < -0.4 is 5.32 Å². The minimum atomic E-state index is -0.207. The van der Waals surface area contributed by atoms with Gasteiger partial charge in [0.2, 0.25) is 0 Å². The van der Waals surface area contributed by atoms with Crippen molar-refractivity contribution in [1.29, 1.82) is 0 Å². The number of carbonyl (C=O) groups excluding carboxylic acids is 1. The summed E-state index contributed by atoms with van der Waals surface area (Å²) in [5.74, 6) is -0.0903. The smallest absolute Gasteiger partial charge is 0.269 e. The van der Waals surface area contributed by atoms with E-state index in [2.05, 4.69) is 10.4 Å². The van der Waals surface area contributed by atoms with Crippen molar-refractivity contribution in [2.75, 3.05) is 0 Å². The van der Waals surface area contributed by atoms with E-state index in [1.165, 1.54) is 0 Å². The molecule has 0 atom stereocenters. The Morgan fingerprint density at radius 2 is 2.15 bits per heavy atom. The first-order valence-corrected chi connectivity index (χ1v) is 4.21. The molecule has 1 rings (SSSR count). The van der Waals surface area contributed by atoms with Gasteiger partial charge in [0.25, 0.3) is 5.91 Å². The van der Waals surface area contributed by atoms with Gasteiger partial charge in [-0.1, -0.05) is 0 Å². The molecule has 72 valence electrons. The normalized spacial score (nSPS) is 11.4. The highest BCUT2D eigenvalue weighted by Gasteiger charge is 2.16. The molecular formula is C9H15N3O. The lowest BCUT2D eigenvalue weighted by Gasteiger charge is -2.20. The van der Waals surface area contributed by atoms with E-state index in [-0.39, 0.29) is 11.4 Å². The molecule has 4 heteroatoms. The first-order chi connectivity index (χ1) is 5.90. The number of rotatable bonds is 1. The Hall–Kier alpha value is -1.32. The second-order valence-electron chi connectivity index (χ2n) is 4.04. The Balaban J connectivity index is 2.76. The molecule has 1 N–H and O–H groups in total. The maximum atomic E-state index is 11.6. The molecule has 0 aliphatic heterocycles. The van der Waals surface area contributed by atoms with Crippen molar-refractivity contribution in [3.05, 3.63) is 18.0 Å². The van der Waals surface area contributed by atoms with Gasteiger partial charge in [0.05, 0.1) is 0 Å². The number of hydrogen-bond donors (Lipinski definition) is 1. The zero-order chi connectivity index (χ0) is 10.1. The molecule has 0 aliphatic rings. The molecule has 0 bridgehead atoms. The molecular weight excluding hydrogens is 166 g/mol. The number of hydrogen-bond acceptors (Lipinski definition) is 2. The molecule has 0 spiro atoms. The van der Waals surface area contributed by atoms with Crippen molar-refractivity contribution >= 4 is 5.91 Å². The lowest BCUT2D eigenvalue weighted by atomic mass is 10.1. The minimum Gasteiger partial charge on any atom is -0.346 e. The van der Waals surface area contributed by atoms with Gasteiger partial charge in [-0.25, -0.2) is 0 Å². The number of amides is 1. The van der Waals surface area contributed by atoms with Gasteiger partial charge in [0, 0.05) is 18.8 Å². The van der Waals surface area contributed by atoms with Gasteiger partial charge in [-0.3, -0.25) is 9.48 Å². The SMILES string of the molecule is Cn1nccc1C(=O)NC(C)(C)C. The highest BCUT2D eigenvalue weighted by Crippen LogP contribution is 2.02. The van der Waals surface area contributed by atoms with Gasteiger partial charge in [-0.2, -0.15) is 5.10 Å². The summed E-state index contributed by atoms with van der Waals surface area (Å²) in [6.45, 7) is 5.84. The van der Waals surface area contributed by atoms with Crippen molar-refractivity contribution in [2.24, 2.45) is 7.05 Å². The molecule has 13 heavy (non-hydrogen) atoms. The Bertz CT molecular complexity index is 309. The summed E-state index contributed by atoms with van der Waals surface area (Å²) in [6.07, 6.45) is 1.61. The van der Waals surface area contributed by atoms with E-state index in [1.54, 1.807) is 24.0 Å². The Labute approximate surface area is 77.9 Å². The lowest BCUT2D eigenvalue weighted by Crippen LogP contribution is -2.41. The predicted octanol–water partition coefficient (Wildman–Crippen LogP) is 0.948. The maximum absolute atomic E-state index is 11.6. The Morgan fingerprint density at radius 1 is 1.54 bits per heavy atom. The van der Waals surface area contributed by atoms with E-state index in [9.17, 15) is 4.79 Å². The average molecular weight is 181 g/mol. The minimum absolute atomic E-state index is 0.0903. The average Bonchev–Trinajstić information content (AvgIpc) is 2.30. The van der Waals surface area contributed by atoms with Gasteiger partial charge < -0.3 is 5.32 Å². The van der Waals surface area contributed by atoms with Gasteiger partial charge in [0.15, 0.2) is 0 Å². The summed E-state index contributed by atoms with van der Waals surface area (Å²) >= 11 is 0. The second-order valence-corrected chi connectivity index (χ2v) is 4.04. The molecule has 0 aromatic carbocycles. The summed E-state index contributed by atoms with van der Waals surface area (Å²) in [5.41, 5.74) is 0.372. The van der Waals surface area contributed by atoms with E-state index in [0.717, 1.165) is 0 Å². The lowest BCUT2D eigenvalue weighted by molar-refractivity contribution is 0.0910. The molecule has 1 heterocycles. The highest BCUT2D eigenvalue weighted by molar-refractivity contribution is 5.92. The van der Waals surface area contributed by atoms with E-state index in [1.807, 2.05) is 20.8 Å². The topological polar surface area (TPSA) is 46.9 Å². The van der Waals surface area contributed by atoms with Crippen LogP contribution in [0.1, 0.15) is 31.3 Å². The summed E-state index contributed by atoms with van der Waals surface area (Å²) in [5, 5.41) is 6.79. The van der Waals surface area contributed by atoms with E-state index in [4.69, 9.17) is 0 Å². The van der Waals surface area contributed by atoms with Crippen LogP contribution in [0.25, 0.3) is 0 Å². The monoisotopic (exact) mass is 181 g/mol. The predicted molar refractivity (Wildman–Crippen MR) is 50.4 cm³/mol. The first-order valence-electron chi connectivity index (χ1n) is 4.21. The fourth-order valence-corrected chi connectivity index (χ4v) is 1.00. The quantitative estimate of drug-likeness (QED) is 0.701. The summed E-state index contributed by atoms with van der Waals surface area (Å²) in [7, 11) is 1.75. The van der Waals surface area contributed by atoms with Crippen LogP contribution in [0.4, 0.5) is 0 Å². The van der Waals surface area contributed by atoms with Crippen LogP contribution in [0.3, 0.4) is 0 Å². The number of aryl methyl sites for hydroxylation is 1. The van der Waals surface area contributed by atoms with Crippen LogP contribution in [0.15, 0.2) is 12.3 Å². The fourth-order valence-electron chi connectivity index (χ4n) is 1.00. The third-order valence-electron chi connectivity index (χ3n) is 1.54. The molecule has 4 nitrogen and oxygen atoms in total.